The standard InChI is InChI=1S/C15H13N3S/c1-2-4-13-11(3-1)12-6-5-10(9-14(12)19-13)18-15-16-7-8-17-15/h1-6,9H,7-8H2,(H2,16,17,18). The monoisotopic (exact) mass is 267 g/mol. The lowest BCUT2D eigenvalue weighted by molar-refractivity contribution is 0.959. The maximum Gasteiger partial charge on any atom is 0.195 e. The first-order valence-corrected chi connectivity index (χ1v) is 7.18. The second-order valence-electron chi connectivity index (χ2n) is 4.59. The molecular weight excluding hydrogens is 254 g/mol. The fourth-order valence-corrected chi connectivity index (χ4v) is 3.57. The first-order valence-electron chi connectivity index (χ1n) is 6.37. The van der Waals surface area contributed by atoms with Gasteiger partial charge in [-0.15, -0.1) is 11.3 Å². The van der Waals surface area contributed by atoms with Gasteiger partial charge in [-0.25, -0.2) is 0 Å². The van der Waals surface area contributed by atoms with Crippen molar-refractivity contribution in [1.29, 1.82) is 0 Å². The molecule has 0 spiro atoms. The van der Waals surface area contributed by atoms with Crippen LogP contribution in [0.1, 0.15) is 0 Å². The number of guanidine groups is 1. The Hall–Kier alpha value is -2.07. The van der Waals surface area contributed by atoms with Crippen molar-refractivity contribution in [3.63, 3.8) is 0 Å². The van der Waals surface area contributed by atoms with Crippen molar-refractivity contribution >= 4 is 43.2 Å². The van der Waals surface area contributed by atoms with Gasteiger partial charge in [0.1, 0.15) is 0 Å². The quantitative estimate of drug-likeness (QED) is 0.708. The Kier molecular flexibility index (Phi) is 2.42. The van der Waals surface area contributed by atoms with E-state index in [1.807, 2.05) is 11.3 Å². The van der Waals surface area contributed by atoms with Crippen molar-refractivity contribution in [1.82, 2.24) is 5.32 Å². The SMILES string of the molecule is c1ccc2c(c1)sc1cc(NC3=NCCN3)ccc12. The Bertz CT molecular complexity index is 788. The van der Waals surface area contributed by atoms with Crippen molar-refractivity contribution in [2.24, 2.45) is 4.99 Å². The summed E-state index contributed by atoms with van der Waals surface area (Å²) in [6.45, 7) is 1.78. The molecule has 0 radical (unpaired) electrons. The minimum absolute atomic E-state index is 0.855. The number of rotatable bonds is 1. The van der Waals surface area contributed by atoms with Crippen molar-refractivity contribution in [2.75, 3.05) is 18.4 Å². The molecule has 0 atom stereocenters. The van der Waals surface area contributed by atoms with Gasteiger partial charge in [-0.2, -0.15) is 0 Å². The molecule has 4 heteroatoms. The summed E-state index contributed by atoms with van der Waals surface area (Å²) in [4.78, 5) is 4.35. The Balaban J connectivity index is 1.80. The van der Waals surface area contributed by atoms with E-state index in [1.165, 1.54) is 20.2 Å². The van der Waals surface area contributed by atoms with E-state index in [0.717, 1.165) is 24.7 Å². The number of thiophene rings is 1. The summed E-state index contributed by atoms with van der Waals surface area (Å²) in [5, 5.41) is 9.21. The molecule has 3 aromatic rings. The van der Waals surface area contributed by atoms with Gasteiger partial charge in [0.25, 0.3) is 0 Å². The van der Waals surface area contributed by atoms with Crippen molar-refractivity contribution in [3.8, 4) is 0 Å². The molecule has 2 aromatic carbocycles. The lowest BCUT2D eigenvalue weighted by Gasteiger charge is -2.06. The van der Waals surface area contributed by atoms with Crippen LogP contribution < -0.4 is 10.6 Å². The largest absolute Gasteiger partial charge is 0.354 e. The molecule has 0 bridgehead atoms. The molecule has 0 saturated heterocycles. The average Bonchev–Trinajstić information content (AvgIpc) is 3.05. The molecule has 1 aliphatic heterocycles. The summed E-state index contributed by atoms with van der Waals surface area (Å²) >= 11 is 1.83. The molecular formula is C15H13N3S. The summed E-state index contributed by atoms with van der Waals surface area (Å²) in [6.07, 6.45) is 0. The van der Waals surface area contributed by atoms with Gasteiger partial charge in [-0.05, 0) is 18.2 Å². The molecule has 94 valence electrons. The van der Waals surface area contributed by atoms with Gasteiger partial charge >= 0.3 is 0 Å². The Morgan fingerprint density at radius 1 is 1.05 bits per heavy atom. The van der Waals surface area contributed by atoms with E-state index in [1.54, 1.807) is 0 Å². The predicted octanol–water partition coefficient (Wildman–Crippen LogP) is 3.43. The third kappa shape index (κ3) is 1.85. The third-order valence-corrected chi connectivity index (χ3v) is 4.45. The Morgan fingerprint density at radius 2 is 1.95 bits per heavy atom. The number of nitrogens with one attached hydrogen (secondary N) is 2. The maximum atomic E-state index is 4.35. The van der Waals surface area contributed by atoms with E-state index >= 15 is 0 Å². The second kappa shape index (κ2) is 4.24. The zero-order valence-corrected chi connectivity index (χ0v) is 11.1. The molecule has 0 aliphatic carbocycles. The average molecular weight is 267 g/mol. The van der Waals surface area contributed by atoms with Crippen LogP contribution in [-0.4, -0.2) is 19.0 Å². The van der Waals surface area contributed by atoms with E-state index in [9.17, 15) is 0 Å². The van der Waals surface area contributed by atoms with Crippen LogP contribution in [0.2, 0.25) is 0 Å². The van der Waals surface area contributed by atoms with Crippen LogP contribution in [0.15, 0.2) is 47.5 Å². The highest BCUT2D eigenvalue weighted by molar-refractivity contribution is 7.25. The van der Waals surface area contributed by atoms with Gasteiger partial charge in [0.2, 0.25) is 0 Å². The maximum absolute atomic E-state index is 4.35. The van der Waals surface area contributed by atoms with E-state index in [2.05, 4.69) is 58.1 Å². The van der Waals surface area contributed by atoms with Crippen molar-refractivity contribution in [2.45, 2.75) is 0 Å². The summed E-state index contributed by atoms with van der Waals surface area (Å²) < 4.78 is 2.65. The van der Waals surface area contributed by atoms with E-state index in [-0.39, 0.29) is 0 Å². The van der Waals surface area contributed by atoms with E-state index in [0.29, 0.717) is 0 Å². The second-order valence-corrected chi connectivity index (χ2v) is 5.68. The van der Waals surface area contributed by atoms with Crippen LogP contribution in [0.5, 0.6) is 0 Å². The summed E-state index contributed by atoms with van der Waals surface area (Å²) in [6, 6.07) is 15.0. The molecule has 2 N–H and O–H groups in total. The molecule has 19 heavy (non-hydrogen) atoms. The molecule has 0 saturated carbocycles. The molecule has 3 nitrogen and oxygen atoms in total. The number of aliphatic imine (C=N–C) groups is 1. The smallest absolute Gasteiger partial charge is 0.195 e. The van der Waals surface area contributed by atoms with Crippen LogP contribution in [0.4, 0.5) is 5.69 Å². The van der Waals surface area contributed by atoms with Gasteiger partial charge < -0.3 is 10.6 Å². The Morgan fingerprint density at radius 3 is 2.84 bits per heavy atom. The summed E-state index contributed by atoms with van der Waals surface area (Å²) in [5.74, 6) is 0.875. The van der Waals surface area contributed by atoms with Crippen molar-refractivity contribution in [3.05, 3.63) is 42.5 Å². The van der Waals surface area contributed by atoms with Gasteiger partial charge in [0, 0.05) is 32.4 Å². The van der Waals surface area contributed by atoms with E-state index in [4.69, 9.17) is 0 Å². The molecule has 0 amide bonds. The highest BCUT2D eigenvalue weighted by atomic mass is 32.1. The zero-order valence-electron chi connectivity index (χ0n) is 10.3. The van der Waals surface area contributed by atoms with Crippen LogP contribution in [0.3, 0.4) is 0 Å². The number of benzene rings is 2. The number of nitrogens with zero attached hydrogens (tertiary/aromatic N) is 1. The van der Waals surface area contributed by atoms with Gasteiger partial charge in [-0.3, -0.25) is 4.99 Å². The van der Waals surface area contributed by atoms with Gasteiger partial charge in [0.05, 0.1) is 6.54 Å². The summed E-state index contributed by atoms with van der Waals surface area (Å²) in [5.41, 5.74) is 1.09. The number of fused-ring (bicyclic) bond motifs is 3. The first-order chi connectivity index (χ1) is 9.40. The predicted molar refractivity (Wildman–Crippen MR) is 83.3 cm³/mol. The topological polar surface area (TPSA) is 36.4 Å². The van der Waals surface area contributed by atoms with Crippen LogP contribution in [0.25, 0.3) is 20.2 Å². The number of anilines is 1. The molecule has 0 unspecified atom stereocenters. The summed E-state index contributed by atoms with van der Waals surface area (Å²) in [7, 11) is 0. The van der Waals surface area contributed by atoms with Crippen LogP contribution in [-0.2, 0) is 0 Å². The first kappa shape index (κ1) is 10.8. The van der Waals surface area contributed by atoms with Crippen molar-refractivity contribution < 1.29 is 0 Å². The van der Waals surface area contributed by atoms with Crippen LogP contribution in [0, 0.1) is 0 Å². The number of hydrogen-bond donors (Lipinski definition) is 2. The lowest BCUT2D eigenvalue weighted by Crippen LogP contribution is -2.26. The normalized spacial score (nSPS) is 14.6. The van der Waals surface area contributed by atoms with Gasteiger partial charge in [-0.1, -0.05) is 24.3 Å². The number of hydrogen-bond acceptors (Lipinski definition) is 4. The highest BCUT2D eigenvalue weighted by Gasteiger charge is 2.07. The fourth-order valence-electron chi connectivity index (χ4n) is 2.42. The molecule has 1 aromatic heterocycles. The minimum atomic E-state index is 0.855. The van der Waals surface area contributed by atoms with Crippen LogP contribution >= 0.6 is 11.3 Å². The van der Waals surface area contributed by atoms with Gasteiger partial charge in [0.15, 0.2) is 5.96 Å². The molecule has 2 heterocycles. The molecule has 1 aliphatic rings. The highest BCUT2D eigenvalue weighted by Crippen LogP contribution is 2.34. The minimum Gasteiger partial charge on any atom is -0.354 e. The third-order valence-electron chi connectivity index (χ3n) is 3.32. The Labute approximate surface area is 115 Å². The van der Waals surface area contributed by atoms with E-state index < -0.39 is 0 Å². The zero-order chi connectivity index (χ0) is 12.7. The molecule has 0 fully saturated rings. The fraction of sp³-hybridized carbons (Fsp3) is 0.133. The molecule has 4 rings (SSSR count). The lowest BCUT2D eigenvalue weighted by atomic mass is 10.1.